The SMILES string of the molecule is CC1N(C)CCN1C.CCCCN(CC)CCN(CC)[Si](C)(C)C.CCCCN1CCN(C)CC1.CCCN(C)CCN(C)C.CN(C)CCC[Si](C)(C)CCCN(C)C. The molecule has 0 N–H and O–H groups in total. The van der Waals surface area contributed by atoms with Gasteiger partial charge in [0.25, 0.3) is 0 Å². The largest absolute Gasteiger partial charge is 0.323 e. The zero-order valence-corrected chi connectivity index (χ0v) is 47.4. The Morgan fingerprint density at radius 1 is 0.483 bits per heavy atom. The summed E-state index contributed by atoms with van der Waals surface area (Å²) in [6, 6.07) is 2.97. The summed E-state index contributed by atoms with van der Waals surface area (Å²) in [4.78, 5) is 21.4. The molecule has 0 saturated carbocycles. The van der Waals surface area contributed by atoms with Crippen molar-refractivity contribution < 1.29 is 0 Å². The standard InChI is InChI=1S/C13H32N2Si.C12H30N2Si.C9H20N2.C8H20N2.C6H14N2/c1-7-10-11-14(8-2)12-13-15(9-3)16(4,5)6;1-13(2)9-7-11-15(5,6)12-8-10-14(3)4;1-3-4-5-11-8-6-10(2)7-9-11;1-5-6-10(4)8-7-9(2)3;1-6-7(2)4-5-8(6)3/h7-13H2,1-6H3;7-12H2,1-6H3;3-9H2,1-2H3;5-8H2,1-4H3;6H,4-5H2,1-3H3. The van der Waals surface area contributed by atoms with Gasteiger partial charge in [-0.15, -0.1) is 0 Å². The van der Waals surface area contributed by atoms with Crippen LogP contribution in [0.2, 0.25) is 44.8 Å². The summed E-state index contributed by atoms with van der Waals surface area (Å²) in [5.41, 5.74) is 0. The highest BCUT2D eigenvalue weighted by Crippen LogP contribution is 2.19. The number of rotatable bonds is 25. The molecule has 0 radical (unpaired) electrons. The number of likely N-dealkylation sites (N-methyl/N-ethyl adjacent to an activating group) is 7. The average Bonchev–Trinajstić information content (AvgIpc) is 3.46. The van der Waals surface area contributed by atoms with Gasteiger partial charge in [-0.3, -0.25) is 9.80 Å². The van der Waals surface area contributed by atoms with Crippen LogP contribution in [0.5, 0.6) is 0 Å². The van der Waals surface area contributed by atoms with Crippen LogP contribution in [0.15, 0.2) is 0 Å². The molecule has 0 aromatic heterocycles. The predicted molar refractivity (Wildman–Crippen MR) is 281 cm³/mol. The Bertz CT molecular complexity index is 868. The van der Waals surface area contributed by atoms with Crippen molar-refractivity contribution in [3.8, 4) is 0 Å². The second-order valence-electron chi connectivity index (χ2n) is 20.7. The van der Waals surface area contributed by atoms with Crippen molar-refractivity contribution in [3.05, 3.63) is 0 Å². The first-order valence-electron chi connectivity index (χ1n) is 24.9. The summed E-state index contributed by atoms with van der Waals surface area (Å²) < 4.78 is 2.70. The Kier molecular flexibility index (Phi) is 42.2. The number of hydrogen-bond acceptors (Lipinski definition) is 10. The normalized spacial score (nSPS) is 16.2. The van der Waals surface area contributed by atoms with E-state index in [2.05, 4.69) is 193 Å². The molecule has 0 aromatic carbocycles. The third-order valence-corrected chi connectivity index (χ3v) is 18.1. The fourth-order valence-electron chi connectivity index (χ4n) is 7.26. The Morgan fingerprint density at radius 3 is 1.32 bits per heavy atom. The summed E-state index contributed by atoms with van der Waals surface area (Å²) in [5, 5.41) is 0. The molecule has 2 fully saturated rings. The van der Waals surface area contributed by atoms with Crippen LogP contribution in [0, 0.1) is 0 Å². The smallest absolute Gasteiger partial charge is 0.119 e. The molecular formula is C48H116N10Si2. The number of nitrogens with zero attached hydrogens (tertiary/aromatic N) is 10. The monoisotopic (exact) mass is 889 g/mol. The highest BCUT2D eigenvalue weighted by Gasteiger charge is 2.23. The van der Waals surface area contributed by atoms with E-state index in [1.54, 1.807) is 0 Å². The van der Waals surface area contributed by atoms with E-state index >= 15 is 0 Å². The van der Waals surface area contributed by atoms with Crippen LogP contribution in [-0.4, -0.2) is 253 Å². The predicted octanol–water partition coefficient (Wildman–Crippen LogP) is 8.00. The van der Waals surface area contributed by atoms with Gasteiger partial charge in [0.2, 0.25) is 0 Å². The zero-order valence-electron chi connectivity index (χ0n) is 45.4. The van der Waals surface area contributed by atoms with E-state index in [-0.39, 0.29) is 0 Å². The maximum absolute atomic E-state index is 2.70. The minimum atomic E-state index is -1.09. The second kappa shape index (κ2) is 39.4. The van der Waals surface area contributed by atoms with Gasteiger partial charge >= 0.3 is 0 Å². The van der Waals surface area contributed by atoms with Crippen LogP contribution in [0.1, 0.15) is 86.5 Å². The van der Waals surface area contributed by atoms with Gasteiger partial charge in [-0.05, 0) is 155 Å². The van der Waals surface area contributed by atoms with Gasteiger partial charge in [-0.25, -0.2) is 0 Å². The minimum absolute atomic E-state index is 0.648. The van der Waals surface area contributed by atoms with Gasteiger partial charge < -0.3 is 38.9 Å². The maximum Gasteiger partial charge on any atom is 0.119 e. The fourth-order valence-corrected chi connectivity index (χ4v) is 11.5. The van der Waals surface area contributed by atoms with Gasteiger partial charge in [0, 0.05) is 73.5 Å². The summed E-state index contributed by atoms with van der Waals surface area (Å²) in [6.07, 6.45) is 10.0. The Labute approximate surface area is 382 Å². The molecule has 0 amide bonds. The highest BCUT2D eigenvalue weighted by atomic mass is 28.3. The molecule has 2 aliphatic heterocycles. The van der Waals surface area contributed by atoms with E-state index < -0.39 is 16.3 Å². The molecule has 0 atom stereocenters. The number of unbranched alkanes of at least 4 members (excludes halogenated alkanes) is 2. The number of hydrogen-bond donors (Lipinski definition) is 0. The lowest BCUT2D eigenvalue weighted by atomic mass is 10.3. The quantitative estimate of drug-likeness (QED) is 0.0843. The molecule has 366 valence electrons. The molecular weight excluding hydrogens is 773 g/mol. The van der Waals surface area contributed by atoms with E-state index in [0.29, 0.717) is 6.17 Å². The van der Waals surface area contributed by atoms with Crippen molar-refractivity contribution in [2.75, 3.05) is 182 Å². The van der Waals surface area contributed by atoms with Crippen LogP contribution in [0.25, 0.3) is 0 Å². The Balaban J connectivity index is -0.000000690. The third kappa shape index (κ3) is 40.8. The van der Waals surface area contributed by atoms with E-state index in [1.807, 2.05) is 0 Å². The van der Waals surface area contributed by atoms with Gasteiger partial charge in [-0.2, -0.15) is 0 Å². The van der Waals surface area contributed by atoms with Crippen molar-refractivity contribution in [3.63, 3.8) is 0 Å². The lowest BCUT2D eigenvalue weighted by molar-refractivity contribution is 0.152. The molecule has 0 unspecified atom stereocenters. The molecule has 12 heteroatoms. The van der Waals surface area contributed by atoms with Crippen LogP contribution < -0.4 is 0 Å². The van der Waals surface area contributed by atoms with Crippen LogP contribution >= 0.6 is 0 Å². The summed E-state index contributed by atoms with van der Waals surface area (Å²) in [5.74, 6) is 0. The highest BCUT2D eigenvalue weighted by molar-refractivity contribution is 6.77. The van der Waals surface area contributed by atoms with E-state index in [9.17, 15) is 0 Å². The average molecular weight is 890 g/mol. The van der Waals surface area contributed by atoms with Crippen molar-refractivity contribution in [1.29, 1.82) is 0 Å². The van der Waals surface area contributed by atoms with Crippen LogP contribution in [-0.2, 0) is 0 Å². The molecule has 0 bridgehead atoms. The van der Waals surface area contributed by atoms with Crippen molar-refractivity contribution in [1.82, 2.24) is 48.7 Å². The molecule has 0 aliphatic carbocycles. The molecule has 0 aromatic rings. The van der Waals surface area contributed by atoms with Crippen molar-refractivity contribution in [2.45, 2.75) is 137 Å². The summed E-state index contributed by atoms with van der Waals surface area (Å²) in [7, 11) is 19.6. The third-order valence-electron chi connectivity index (χ3n) is 12.2. The molecule has 0 spiro atoms. The van der Waals surface area contributed by atoms with E-state index in [1.165, 1.54) is 162 Å². The van der Waals surface area contributed by atoms with Crippen molar-refractivity contribution >= 4 is 16.3 Å². The molecule has 60 heavy (non-hydrogen) atoms. The fraction of sp³-hybridized carbons (Fsp3) is 1.00. The lowest BCUT2D eigenvalue weighted by Crippen LogP contribution is -2.49. The Hall–Kier alpha value is 0.0338. The first-order valence-corrected chi connectivity index (χ1v) is 31.8. The lowest BCUT2D eigenvalue weighted by Gasteiger charge is -2.34. The molecule has 2 saturated heterocycles. The zero-order chi connectivity index (χ0) is 46.7. The van der Waals surface area contributed by atoms with Gasteiger partial charge in [0.1, 0.15) is 8.24 Å². The molecule has 2 heterocycles. The molecule has 10 nitrogen and oxygen atoms in total. The van der Waals surface area contributed by atoms with Crippen molar-refractivity contribution in [2.24, 2.45) is 0 Å². The van der Waals surface area contributed by atoms with Crippen LogP contribution in [0.4, 0.5) is 0 Å². The topological polar surface area (TPSA) is 32.4 Å². The minimum Gasteiger partial charge on any atom is -0.323 e. The van der Waals surface area contributed by atoms with Crippen LogP contribution in [0.3, 0.4) is 0 Å². The molecule has 2 aliphatic rings. The maximum atomic E-state index is 2.70. The van der Waals surface area contributed by atoms with Gasteiger partial charge in [0.15, 0.2) is 0 Å². The van der Waals surface area contributed by atoms with E-state index in [0.717, 1.165) is 6.54 Å². The first kappa shape index (κ1) is 64.3. The summed E-state index contributed by atoms with van der Waals surface area (Å²) in [6.45, 7) is 47.0. The first-order chi connectivity index (χ1) is 28.0. The number of piperazine rings is 1. The van der Waals surface area contributed by atoms with Gasteiger partial charge in [-0.1, -0.05) is 92.3 Å². The summed E-state index contributed by atoms with van der Waals surface area (Å²) >= 11 is 0. The molecule has 2 rings (SSSR count). The second-order valence-corrected chi connectivity index (χ2v) is 31.0. The Morgan fingerprint density at radius 2 is 0.967 bits per heavy atom. The van der Waals surface area contributed by atoms with E-state index in [4.69, 9.17) is 0 Å². The van der Waals surface area contributed by atoms with Gasteiger partial charge in [0.05, 0.1) is 6.17 Å².